The van der Waals surface area contributed by atoms with E-state index in [1.807, 2.05) is 24.3 Å². The number of hydrogen-bond acceptors (Lipinski definition) is 2. The Balaban J connectivity index is 1.89. The van der Waals surface area contributed by atoms with Crippen LogP contribution in [0.1, 0.15) is 63.0 Å². The number of rotatable bonds is 5. The van der Waals surface area contributed by atoms with Crippen LogP contribution in [0.25, 0.3) is 0 Å². The molecule has 0 amide bonds. The zero-order valence-electron chi connectivity index (χ0n) is 13.1. The van der Waals surface area contributed by atoms with E-state index in [0.29, 0.717) is 6.04 Å². The van der Waals surface area contributed by atoms with Crippen LogP contribution < -0.4 is 5.32 Å². The van der Waals surface area contributed by atoms with Crippen LogP contribution >= 0.6 is 0 Å². The van der Waals surface area contributed by atoms with Gasteiger partial charge in [0.05, 0.1) is 5.92 Å². The molecule has 0 aliphatic heterocycles. The first-order chi connectivity index (χ1) is 10.1. The summed E-state index contributed by atoms with van der Waals surface area (Å²) in [5, 5.41) is 12.7. The molecule has 116 valence electrons. The highest BCUT2D eigenvalue weighted by atomic mass is 16.4. The van der Waals surface area contributed by atoms with E-state index in [1.165, 1.54) is 37.7 Å². The number of carboxylic acid groups (broad SMARTS) is 1. The zero-order chi connectivity index (χ0) is 15.2. The first-order valence-corrected chi connectivity index (χ1v) is 8.13. The predicted molar refractivity (Wildman–Crippen MR) is 85.4 cm³/mol. The second-order valence-electron chi connectivity index (χ2n) is 6.40. The normalized spacial score (nSPS) is 24.3. The molecule has 2 rings (SSSR count). The molecule has 3 atom stereocenters. The van der Waals surface area contributed by atoms with E-state index in [2.05, 4.69) is 12.2 Å². The van der Waals surface area contributed by atoms with Crippen molar-refractivity contribution in [3.8, 4) is 0 Å². The number of carbonyl (C=O) groups is 1. The number of carboxylic acids is 1. The van der Waals surface area contributed by atoms with Crippen molar-refractivity contribution in [3.63, 3.8) is 0 Å². The van der Waals surface area contributed by atoms with Crippen molar-refractivity contribution >= 4 is 5.97 Å². The van der Waals surface area contributed by atoms with Gasteiger partial charge in [-0.2, -0.15) is 0 Å². The van der Waals surface area contributed by atoms with E-state index in [9.17, 15) is 4.79 Å². The van der Waals surface area contributed by atoms with Gasteiger partial charge < -0.3 is 10.4 Å². The maximum Gasteiger partial charge on any atom is 0.310 e. The number of hydrogen-bond donors (Lipinski definition) is 2. The van der Waals surface area contributed by atoms with E-state index < -0.39 is 11.9 Å². The van der Waals surface area contributed by atoms with Gasteiger partial charge in [0, 0.05) is 12.6 Å². The maximum atomic E-state index is 11.0. The third-order valence-corrected chi connectivity index (χ3v) is 4.78. The molecule has 0 heterocycles. The smallest absolute Gasteiger partial charge is 0.310 e. The summed E-state index contributed by atoms with van der Waals surface area (Å²) in [5.41, 5.74) is 2.10. The minimum Gasteiger partial charge on any atom is -0.481 e. The van der Waals surface area contributed by atoms with Gasteiger partial charge in [-0.1, -0.05) is 50.5 Å². The van der Waals surface area contributed by atoms with Crippen molar-refractivity contribution in [2.24, 2.45) is 5.92 Å². The fraction of sp³-hybridized carbons (Fsp3) is 0.611. The monoisotopic (exact) mass is 289 g/mol. The quantitative estimate of drug-likeness (QED) is 0.807. The standard InChI is InChI=1S/C18H27NO2/c1-13-6-4-3-5-7-17(13)19-12-15-8-10-16(11-9-15)14(2)18(20)21/h8-11,13-14,17,19H,3-7,12H2,1-2H3,(H,20,21). The van der Waals surface area contributed by atoms with Crippen LogP contribution in [0, 0.1) is 5.92 Å². The summed E-state index contributed by atoms with van der Waals surface area (Å²) in [6.45, 7) is 4.94. The second-order valence-corrected chi connectivity index (χ2v) is 6.40. The molecule has 3 unspecified atom stereocenters. The molecule has 1 aliphatic carbocycles. The first kappa shape index (κ1) is 16.0. The molecular weight excluding hydrogens is 262 g/mol. The van der Waals surface area contributed by atoms with E-state index in [0.717, 1.165) is 18.0 Å². The lowest BCUT2D eigenvalue weighted by Gasteiger charge is -2.23. The average Bonchev–Trinajstić information content (AvgIpc) is 2.69. The Kier molecular flexibility index (Phi) is 5.80. The van der Waals surface area contributed by atoms with Gasteiger partial charge in [-0.15, -0.1) is 0 Å². The summed E-state index contributed by atoms with van der Waals surface area (Å²) in [6.07, 6.45) is 6.66. The van der Waals surface area contributed by atoms with E-state index in [-0.39, 0.29) is 0 Å². The van der Waals surface area contributed by atoms with Crippen molar-refractivity contribution in [2.45, 2.75) is 64.5 Å². The van der Waals surface area contributed by atoms with Crippen molar-refractivity contribution in [1.82, 2.24) is 5.32 Å². The fourth-order valence-electron chi connectivity index (χ4n) is 3.11. The summed E-state index contributed by atoms with van der Waals surface area (Å²) in [7, 11) is 0. The van der Waals surface area contributed by atoms with Gasteiger partial charge in [-0.05, 0) is 36.8 Å². The van der Waals surface area contributed by atoms with Gasteiger partial charge in [-0.3, -0.25) is 4.79 Å². The minimum absolute atomic E-state index is 0.436. The van der Waals surface area contributed by atoms with Crippen LogP contribution in [0.3, 0.4) is 0 Å². The summed E-state index contributed by atoms with van der Waals surface area (Å²) in [5.74, 6) is -0.458. The Morgan fingerprint density at radius 3 is 2.57 bits per heavy atom. The lowest BCUT2D eigenvalue weighted by Crippen LogP contribution is -2.33. The predicted octanol–water partition coefficient (Wildman–Crippen LogP) is 3.93. The molecule has 0 saturated heterocycles. The topological polar surface area (TPSA) is 49.3 Å². The number of benzene rings is 1. The van der Waals surface area contributed by atoms with Crippen LogP contribution in [0.15, 0.2) is 24.3 Å². The summed E-state index contributed by atoms with van der Waals surface area (Å²) < 4.78 is 0. The van der Waals surface area contributed by atoms with Crippen molar-refractivity contribution in [1.29, 1.82) is 0 Å². The molecule has 1 aromatic rings. The van der Waals surface area contributed by atoms with Crippen LogP contribution in [-0.2, 0) is 11.3 Å². The molecule has 0 spiro atoms. The average molecular weight is 289 g/mol. The summed E-state index contributed by atoms with van der Waals surface area (Å²) >= 11 is 0. The Morgan fingerprint density at radius 2 is 1.90 bits per heavy atom. The van der Waals surface area contributed by atoms with E-state index in [4.69, 9.17) is 5.11 Å². The summed E-state index contributed by atoms with van der Waals surface area (Å²) in [6, 6.07) is 8.58. The molecule has 21 heavy (non-hydrogen) atoms. The van der Waals surface area contributed by atoms with Crippen molar-refractivity contribution in [3.05, 3.63) is 35.4 Å². The third kappa shape index (κ3) is 4.57. The number of aliphatic carboxylic acids is 1. The molecule has 0 aromatic heterocycles. The van der Waals surface area contributed by atoms with Gasteiger partial charge >= 0.3 is 5.97 Å². The molecule has 1 saturated carbocycles. The molecule has 0 bridgehead atoms. The molecular formula is C18H27NO2. The molecule has 0 radical (unpaired) electrons. The number of nitrogens with one attached hydrogen (secondary N) is 1. The Labute approximate surface area is 127 Å². The highest BCUT2D eigenvalue weighted by Gasteiger charge is 2.19. The molecule has 1 aliphatic rings. The van der Waals surface area contributed by atoms with E-state index in [1.54, 1.807) is 6.92 Å². The lowest BCUT2D eigenvalue weighted by atomic mass is 9.96. The van der Waals surface area contributed by atoms with Crippen LogP contribution in [0.4, 0.5) is 0 Å². The molecule has 2 N–H and O–H groups in total. The first-order valence-electron chi connectivity index (χ1n) is 8.13. The van der Waals surface area contributed by atoms with Gasteiger partial charge in [0.15, 0.2) is 0 Å². The molecule has 1 fully saturated rings. The summed E-state index contributed by atoms with van der Waals surface area (Å²) in [4.78, 5) is 11.0. The highest BCUT2D eigenvalue weighted by molar-refractivity contribution is 5.75. The van der Waals surface area contributed by atoms with Gasteiger partial charge in [0.1, 0.15) is 0 Å². The molecule has 3 heteroatoms. The highest BCUT2D eigenvalue weighted by Crippen LogP contribution is 2.23. The minimum atomic E-state index is -0.770. The molecule has 1 aromatic carbocycles. The lowest BCUT2D eigenvalue weighted by molar-refractivity contribution is -0.138. The Bertz CT molecular complexity index is 455. The van der Waals surface area contributed by atoms with Crippen LogP contribution in [0.2, 0.25) is 0 Å². The SMILES string of the molecule is CC(C(=O)O)c1ccc(CNC2CCCCCC2C)cc1. The van der Waals surface area contributed by atoms with Crippen molar-refractivity contribution in [2.75, 3.05) is 0 Å². The largest absolute Gasteiger partial charge is 0.481 e. The fourth-order valence-corrected chi connectivity index (χ4v) is 3.11. The third-order valence-electron chi connectivity index (χ3n) is 4.78. The van der Waals surface area contributed by atoms with Crippen LogP contribution in [0.5, 0.6) is 0 Å². The zero-order valence-corrected chi connectivity index (χ0v) is 13.1. The van der Waals surface area contributed by atoms with Crippen LogP contribution in [-0.4, -0.2) is 17.1 Å². The Hall–Kier alpha value is -1.35. The van der Waals surface area contributed by atoms with Gasteiger partial charge in [-0.25, -0.2) is 0 Å². The van der Waals surface area contributed by atoms with E-state index >= 15 is 0 Å². The Morgan fingerprint density at radius 1 is 1.24 bits per heavy atom. The molecule has 3 nitrogen and oxygen atoms in total. The second kappa shape index (κ2) is 7.60. The van der Waals surface area contributed by atoms with Gasteiger partial charge in [0.2, 0.25) is 0 Å². The van der Waals surface area contributed by atoms with Crippen molar-refractivity contribution < 1.29 is 9.90 Å². The van der Waals surface area contributed by atoms with Gasteiger partial charge in [0.25, 0.3) is 0 Å². The maximum absolute atomic E-state index is 11.0.